The van der Waals surface area contributed by atoms with Crippen molar-refractivity contribution in [3.8, 4) is 11.5 Å². The summed E-state index contributed by atoms with van der Waals surface area (Å²) in [5.41, 5.74) is 0.299. The predicted octanol–water partition coefficient (Wildman–Crippen LogP) is 3.41. The molecule has 1 aliphatic rings. The molecule has 7 nitrogen and oxygen atoms in total. The van der Waals surface area contributed by atoms with Gasteiger partial charge in [-0.1, -0.05) is 12.1 Å². The van der Waals surface area contributed by atoms with E-state index in [1.54, 1.807) is 23.8 Å². The quantitative estimate of drug-likeness (QED) is 0.685. The number of ether oxygens (including phenoxy) is 2. The molecular formula is C21H19FN2O5. The van der Waals surface area contributed by atoms with Crippen molar-refractivity contribution >= 4 is 22.6 Å². The van der Waals surface area contributed by atoms with Crippen LogP contribution in [0.5, 0.6) is 11.5 Å². The highest BCUT2D eigenvalue weighted by atomic mass is 19.1. The maximum absolute atomic E-state index is 14.9. The molecule has 1 aliphatic heterocycles. The SMILES string of the molecule is COc1ccc(CNc2c(F)cc3c(=O)c(C(=O)O)cn4c3c2OCC4C)cc1. The van der Waals surface area contributed by atoms with Gasteiger partial charge in [-0.15, -0.1) is 0 Å². The Morgan fingerprint density at radius 1 is 1.38 bits per heavy atom. The minimum atomic E-state index is -1.34. The molecule has 0 saturated heterocycles. The first-order valence-electron chi connectivity index (χ1n) is 9.05. The van der Waals surface area contributed by atoms with E-state index in [9.17, 15) is 19.1 Å². The molecule has 2 heterocycles. The van der Waals surface area contributed by atoms with E-state index in [0.717, 1.165) is 17.4 Å². The maximum atomic E-state index is 14.9. The molecule has 8 heteroatoms. The largest absolute Gasteiger partial charge is 0.497 e. The summed E-state index contributed by atoms with van der Waals surface area (Å²) in [4.78, 5) is 24.0. The minimum Gasteiger partial charge on any atom is -0.497 e. The number of aromatic carboxylic acids is 1. The zero-order valence-corrected chi connectivity index (χ0v) is 15.9. The summed E-state index contributed by atoms with van der Waals surface area (Å²) in [6, 6.07) is 8.19. The Morgan fingerprint density at radius 3 is 2.76 bits per heavy atom. The van der Waals surface area contributed by atoms with Crippen LogP contribution in [0.4, 0.5) is 10.1 Å². The zero-order valence-electron chi connectivity index (χ0n) is 15.9. The monoisotopic (exact) mass is 398 g/mol. The molecule has 2 N–H and O–H groups in total. The highest BCUT2D eigenvalue weighted by Crippen LogP contribution is 2.40. The second kappa shape index (κ2) is 7.12. The minimum absolute atomic E-state index is 0.0149. The second-order valence-corrected chi connectivity index (χ2v) is 6.90. The normalized spacial score (nSPS) is 15.1. The molecular weight excluding hydrogens is 379 g/mol. The Balaban J connectivity index is 1.82. The predicted molar refractivity (Wildman–Crippen MR) is 106 cm³/mol. The third kappa shape index (κ3) is 3.16. The standard InChI is InChI=1S/C21H19FN2O5/c1-11-10-29-20-17(23-8-12-3-5-13(28-2)6-4-12)16(22)7-14-18(20)24(11)9-15(19(14)25)21(26)27/h3-7,9,11,23H,8,10H2,1-2H3,(H,26,27). The van der Waals surface area contributed by atoms with Crippen LogP contribution >= 0.6 is 0 Å². The van der Waals surface area contributed by atoms with Crippen LogP contribution in [0.2, 0.25) is 0 Å². The second-order valence-electron chi connectivity index (χ2n) is 6.90. The van der Waals surface area contributed by atoms with Crippen LogP contribution in [0, 0.1) is 5.82 Å². The van der Waals surface area contributed by atoms with Crippen molar-refractivity contribution in [1.29, 1.82) is 0 Å². The van der Waals surface area contributed by atoms with Crippen LogP contribution in [0.15, 0.2) is 41.3 Å². The number of halogens is 1. The first-order valence-corrected chi connectivity index (χ1v) is 9.05. The molecule has 0 fully saturated rings. The van der Waals surface area contributed by atoms with Gasteiger partial charge in [0.2, 0.25) is 5.43 Å². The van der Waals surface area contributed by atoms with Gasteiger partial charge < -0.3 is 24.5 Å². The van der Waals surface area contributed by atoms with Gasteiger partial charge in [0.25, 0.3) is 0 Å². The van der Waals surface area contributed by atoms with E-state index in [0.29, 0.717) is 12.1 Å². The van der Waals surface area contributed by atoms with Crippen LogP contribution in [0.3, 0.4) is 0 Å². The topological polar surface area (TPSA) is 89.8 Å². The molecule has 0 amide bonds. The number of nitrogens with zero attached hydrogens (tertiary/aromatic N) is 1. The van der Waals surface area contributed by atoms with E-state index in [4.69, 9.17) is 9.47 Å². The fourth-order valence-electron chi connectivity index (χ4n) is 3.48. The highest BCUT2D eigenvalue weighted by Gasteiger charge is 2.27. The summed E-state index contributed by atoms with van der Waals surface area (Å²) in [6.45, 7) is 2.40. The number of pyridine rings is 1. The Hall–Kier alpha value is -3.55. The summed E-state index contributed by atoms with van der Waals surface area (Å²) in [7, 11) is 1.58. The number of carboxylic acid groups (broad SMARTS) is 1. The van der Waals surface area contributed by atoms with Crippen molar-refractivity contribution in [3.05, 3.63) is 63.7 Å². The number of anilines is 1. The van der Waals surface area contributed by atoms with Gasteiger partial charge in [-0.3, -0.25) is 4.79 Å². The third-order valence-corrected chi connectivity index (χ3v) is 5.03. The van der Waals surface area contributed by atoms with Crippen molar-refractivity contribution < 1.29 is 23.8 Å². The van der Waals surface area contributed by atoms with Crippen LogP contribution in [0.1, 0.15) is 28.9 Å². The smallest absolute Gasteiger partial charge is 0.341 e. The average Bonchev–Trinajstić information content (AvgIpc) is 2.71. The van der Waals surface area contributed by atoms with Crippen molar-refractivity contribution in [2.45, 2.75) is 19.5 Å². The number of benzene rings is 2. The molecule has 2 aromatic carbocycles. The Morgan fingerprint density at radius 2 is 2.10 bits per heavy atom. The molecule has 1 aromatic heterocycles. The van der Waals surface area contributed by atoms with E-state index in [-0.39, 0.29) is 29.5 Å². The van der Waals surface area contributed by atoms with E-state index < -0.39 is 22.8 Å². The zero-order chi connectivity index (χ0) is 20.7. The van der Waals surface area contributed by atoms with Gasteiger partial charge in [-0.2, -0.15) is 0 Å². The summed E-state index contributed by atoms with van der Waals surface area (Å²) in [5, 5.41) is 12.4. The van der Waals surface area contributed by atoms with Crippen LogP contribution in [-0.2, 0) is 6.54 Å². The van der Waals surface area contributed by atoms with Gasteiger partial charge in [0.05, 0.1) is 24.1 Å². The number of hydrogen-bond acceptors (Lipinski definition) is 5. The molecule has 0 spiro atoms. The van der Waals surface area contributed by atoms with Crippen molar-refractivity contribution in [1.82, 2.24) is 4.57 Å². The lowest BCUT2D eigenvalue weighted by molar-refractivity contribution is 0.0694. The van der Waals surface area contributed by atoms with Crippen molar-refractivity contribution in [2.24, 2.45) is 0 Å². The van der Waals surface area contributed by atoms with Crippen LogP contribution in [-0.4, -0.2) is 29.4 Å². The lowest BCUT2D eigenvalue weighted by Crippen LogP contribution is -2.27. The Bertz CT molecular complexity index is 1170. The summed E-state index contributed by atoms with van der Waals surface area (Å²) >= 11 is 0. The number of hydrogen-bond donors (Lipinski definition) is 2. The highest BCUT2D eigenvalue weighted by molar-refractivity contribution is 5.97. The van der Waals surface area contributed by atoms with E-state index in [2.05, 4.69) is 5.32 Å². The number of methoxy groups -OCH3 is 1. The van der Waals surface area contributed by atoms with Gasteiger partial charge >= 0.3 is 5.97 Å². The fourth-order valence-corrected chi connectivity index (χ4v) is 3.48. The van der Waals surface area contributed by atoms with Gasteiger partial charge in [-0.05, 0) is 30.7 Å². The fraction of sp³-hybridized carbons (Fsp3) is 0.238. The molecule has 0 saturated carbocycles. The van der Waals surface area contributed by atoms with E-state index in [1.165, 1.54) is 6.20 Å². The number of carboxylic acids is 1. The molecule has 0 bridgehead atoms. The van der Waals surface area contributed by atoms with E-state index >= 15 is 0 Å². The molecule has 3 aromatic rings. The van der Waals surface area contributed by atoms with Gasteiger partial charge in [0.15, 0.2) is 11.6 Å². The number of carbonyl (C=O) groups is 1. The Labute approximate surface area is 165 Å². The molecule has 1 atom stereocenters. The van der Waals surface area contributed by atoms with E-state index in [1.807, 2.05) is 19.1 Å². The summed E-state index contributed by atoms with van der Waals surface area (Å²) in [6.07, 6.45) is 1.30. The molecule has 0 radical (unpaired) electrons. The third-order valence-electron chi connectivity index (χ3n) is 5.03. The molecule has 0 aliphatic carbocycles. The van der Waals surface area contributed by atoms with Crippen molar-refractivity contribution in [3.63, 3.8) is 0 Å². The van der Waals surface area contributed by atoms with Gasteiger partial charge in [0, 0.05) is 12.7 Å². The summed E-state index contributed by atoms with van der Waals surface area (Å²) < 4.78 is 27.5. The Kier molecular flexibility index (Phi) is 4.62. The van der Waals surface area contributed by atoms with Crippen molar-refractivity contribution in [2.75, 3.05) is 19.0 Å². The van der Waals surface area contributed by atoms with Crippen LogP contribution in [0.25, 0.3) is 10.9 Å². The lowest BCUT2D eigenvalue weighted by Gasteiger charge is -2.28. The molecule has 4 rings (SSSR count). The first-order chi connectivity index (χ1) is 13.9. The number of rotatable bonds is 5. The van der Waals surface area contributed by atoms with Crippen LogP contribution < -0.4 is 20.2 Å². The maximum Gasteiger partial charge on any atom is 0.341 e. The number of aromatic nitrogens is 1. The number of nitrogens with one attached hydrogen (secondary N) is 1. The molecule has 29 heavy (non-hydrogen) atoms. The average molecular weight is 398 g/mol. The molecule has 150 valence electrons. The lowest BCUT2D eigenvalue weighted by atomic mass is 10.1. The molecule has 1 unspecified atom stereocenters. The van der Waals surface area contributed by atoms with Gasteiger partial charge in [0.1, 0.15) is 23.6 Å². The summed E-state index contributed by atoms with van der Waals surface area (Å²) in [5.74, 6) is -1.10. The first kappa shape index (κ1) is 18.8. The van der Waals surface area contributed by atoms with Gasteiger partial charge in [-0.25, -0.2) is 9.18 Å².